The van der Waals surface area contributed by atoms with Crippen molar-refractivity contribution < 1.29 is 24.2 Å². The fraction of sp³-hybridized carbons (Fsp3) is 0.913. The molecule has 158 valence electrons. The minimum Gasteiger partial charge on any atom is -0.467 e. The number of fused-ring (bicyclic) bond motifs is 5. The van der Waals surface area contributed by atoms with E-state index in [2.05, 4.69) is 13.8 Å². The summed E-state index contributed by atoms with van der Waals surface area (Å²) >= 11 is 0. The number of rotatable bonds is 2. The molecular weight excluding hydrogens is 356 g/mol. The van der Waals surface area contributed by atoms with Gasteiger partial charge in [0.05, 0.1) is 7.11 Å². The molecule has 4 rings (SSSR count). The van der Waals surface area contributed by atoms with Gasteiger partial charge in [0.25, 0.3) is 0 Å². The maximum absolute atomic E-state index is 12.5. The van der Waals surface area contributed by atoms with Gasteiger partial charge in [0.15, 0.2) is 5.60 Å². The Morgan fingerprint density at radius 3 is 2.36 bits per heavy atom. The lowest BCUT2D eigenvalue weighted by Gasteiger charge is -2.61. The molecule has 4 fully saturated rings. The van der Waals surface area contributed by atoms with Gasteiger partial charge in [-0.1, -0.05) is 13.8 Å². The minimum atomic E-state index is -1.33. The van der Waals surface area contributed by atoms with E-state index in [-0.39, 0.29) is 22.9 Å². The minimum absolute atomic E-state index is 0.0804. The predicted molar refractivity (Wildman–Crippen MR) is 104 cm³/mol. The standard InChI is InChI=1S/C23H36O5/c1-14(24)28-16-7-10-21(2)15(13-16)5-6-17-18(21)8-11-22(3)19(17)9-12-23(22,26)20(25)27-4/h15-19,26H,5-13H2,1-4H3/t15-,16-,17+,18+,19+,21-,22-,23-/m0/s1. The average Bonchev–Trinajstić information content (AvgIpc) is 2.93. The molecule has 0 aromatic carbocycles. The molecule has 28 heavy (non-hydrogen) atoms. The van der Waals surface area contributed by atoms with Crippen molar-refractivity contribution >= 4 is 11.9 Å². The summed E-state index contributed by atoms with van der Waals surface area (Å²) in [6.07, 6.45) is 8.88. The smallest absolute Gasteiger partial charge is 0.338 e. The van der Waals surface area contributed by atoms with Crippen LogP contribution in [-0.2, 0) is 19.1 Å². The average molecular weight is 393 g/mol. The van der Waals surface area contributed by atoms with Crippen LogP contribution in [0, 0.1) is 34.5 Å². The van der Waals surface area contributed by atoms with Gasteiger partial charge in [-0.2, -0.15) is 0 Å². The quantitative estimate of drug-likeness (QED) is 0.722. The molecule has 0 heterocycles. The number of ether oxygens (including phenoxy) is 2. The predicted octanol–water partition coefficient (Wildman–Crippen LogP) is 3.86. The van der Waals surface area contributed by atoms with E-state index >= 15 is 0 Å². The summed E-state index contributed by atoms with van der Waals surface area (Å²) in [7, 11) is 1.39. The number of hydrogen-bond acceptors (Lipinski definition) is 5. The molecule has 0 radical (unpaired) electrons. The molecule has 0 aromatic heterocycles. The summed E-state index contributed by atoms with van der Waals surface area (Å²) in [5, 5.41) is 11.3. The topological polar surface area (TPSA) is 72.8 Å². The second kappa shape index (κ2) is 6.72. The van der Waals surface area contributed by atoms with Crippen molar-refractivity contribution in [3.8, 4) is 0 Å². The maximum Gasteiger partial charge on any atom is 0.338 e. The Morgan fingerprint density at radius 2 is 1.68 bits per heavy atom. The van der Waals surface area contributed by atoms with Crippen molar-refractivity contribution in [1.82, 2.24) is 0 Å². The van der Waals surface area contributed by atoms with Crippen LogP contribution in [-0.4, -0.2) is 35.9 Å². The first-order valence-corrected chi connectivity index (χ1v) is 11.1. The molecule has 4 aliphatic carbocycles. The van der Waals surface area contributed by atoms with Crippen molar-refractivity contribution in [3.63, 3.8) is 0 Å². The molecule has 8 atom stereocenters. The summed E-state index contributed by atoms with van der Waals surface area (Å²) in [5.41, 5.74) is -1.42. The molecule has 0 saturated heterocycles. The highest BCUT2D eigenvalue weighted by atomic mass is 16.5. The Balaban J connectivity index is 1.56. The van der Waals surface area contributed by atoms with Crippen molar-refractivity contribution in [2.75, 3.05) is 7.11 Å². The molecule has 5 heteroatoms. The zero-order chi connectivity index (χ0) is 20.3. The van der Waals surface area contributed by atoms with Crippen LogP contribution in [0.2, 0.25) is 0 Å². The van der Waals surface area contributed by atoms with Gasteiger partial charge in [0.2, 0.25) is 0 Å². The SMILES string of the molecule is COC(=O)[C@@]1(O)CC[C@@H]2[C@@H]3CC[C@H]4C[C@@H](OC(C)=O)CC[C@]4(C)[C@@H]3CC[C@@]21C. The van der Waals surface area contributed by atoms with Gasteiger partial charge in [0.1, 0.15) is 6.10 Å². The number of hydrogen-bond donors (Lipinski definition) is 1. The van der Waals surface area contributed by atoms with Crippen LogP contribution in [0.5, 0.6) is 0 Å². The third-order valence-corrected chi connectivity index (χ3v) is 9.62. The van der Waals surface area contributed by atoms with Gasteiger partial charge in [-0.15, -0.1) is 0 Å². The van der Waals surface area contributed by atoms with Gasteiger partial charge in [-0.25, -0.2) is 4.79 Å². The summed E-state index contributed by atoms with van der Waals surface area (Å²) < 4.78 is 10.6. The third-order valence-electron chi connectivity index (χ3n) is 9.62. The third kappa shape index (κ3) is 2.68. The number of methoxy groups -OCH3 is 1. The van der Waals surface area contributed by atoms with Crippen molar-refractivity contribution in [2.45, 2.75) is 90.3 Å². The summed E-state index contributed by atoms with van der Waals surface area (Å²) in [6.45, 7) is 6.10. The molecule has 0 bridgehead atoms. The van der Waals surface area contributed by atoms with E-state index in [1.54, 1.807) is 0 Å². The molecule has 0 aromatic rings. The number of carbonyl (C=O) groups excluding carboxylic acids is 2. The largest absolute Gasteiger partial charge is 0.467 e. The van der Waals surface area contributed by atoms with E-state index in [0.29, 0.717) is 30.1 Å². The first-order chi connectivity index (χ1) is 13.2. The Labute approximate surface area is 168 Å². The van der Waals surface area contributed by atoms with Crippen LogP contribution in [0.25, 0.3) is 0 Å². The summed E-state index contributed by atoms with van der Waals surface area (Å²) in [4.78, 5) is 23.9. The van der Waals surface area contributed by atoms with Crippen LogP contribution in [0.4, 0.5) is 0 Å². The molecule has 4 aliphatic rings. The summed E-state index contributed by atoms with van der Waals surface area (Å²) in [5.74, 6) is 1.60. The van der Waals surface area contributed by atoms with E-state index < -0.39 is 11.6 Å². The Kier molecular flexibility index (Phi) is 4.84. The highest BCUT2D eigenvalue weighted by Crippen LogP contribution is 2.68. The molecule has 5 nitrogen and oxygen atoms in total. The van der Waals surface area contributed by atoms with Gasteiger partial charge in [0, 0.05) is 12.3 Å². The zero-order valence-electron chi connectivity index (χ0n) is 17.8. The fourth-order valence-corrected chi connectivity index (χ4v) is 8.08. The van der Waals surface area contributed by atoms with Crippen molar-refractivity contribution in [3.05, 3.63) is 0 Å². The monoisotopic (exact) mass is 392 g/mol. The van der Waals surface area contributed by atoms with Crippen LogP contribution >= 0.6 is 0 Å². The van der Waals surface area contributed by atoms with Gasteiger partial charge < -0.3 is 14.6 Å². The van der Waals surface area contributed by atoms with Crippen LogP contribution < -0.4 is 0 Å². The zero-order valence-corrected chi connectivity index (χ0v) is 17.8. The number of esters is 2. The first-order valence-electron chi connectivity index (χ1n) is 11.1. The number of aliphatic hydroxyl groups is 1. The molecule has 1 N–H and O–H groups in total. The lowest BCUT2D eigenvalue weighted by molar-refractivity contribution is -0.191. The van der Waals surface area contributed by atoms with Gasteiger partial charge in [-0.05, 0) is 86.9 Å². The van der Waals surface area contributed by atoms with Crippen LogP contribution in [0.1, 0.15) is 78.6 Å². The molecule has 0 amide bonds. The van der Waals surface area contributed by atoms with E-state index in [0.717, 1.165) is 44.9 Å². The normalized spacial score (nSPS) is 50.1. The highest BCUT2D eigenvalue weighted by Gasteiger charge is 2.67. The van der Waals surface area contributed by atoms with Crippen LogP contribution in [0.15, 0.2) is 0 Å². The molecular formula is C23H36O5. The lowest BCUT2D eigenvalue weighted by Crippen LogP contribution is -2.59. The van der Waals surface area contributed by atoms with Crippen molar-refractivity contribution in [2.24, 2.45) is 34.5 Å². The first kappa shape index (κ1) is 20.2. The Bertz CT molecular complexity index is 661. The van der Waals surface area contributed by atoms with Gasteiger partial charge >= 0.3 is 11.9 Å². The second-order valence-corrected chi connectivity index (χ2v) is 10.5. The maximum atomic E-state index is 12.5. The van der Waals surface area contributed by atoms with Crippen molar-refractivity contribution in [1.29, 1.82) is 0 Å². The van der Waals surface area contributed by atoms with E-state index in [4.69, 9.17) is 9.47 Å². The summed E-state index contributed by atoms with van der Waals surface area (Å²) in [6, 6.07) is 0. The van der Waals surface area contributed by atoms with E-state index in [1.165, 1.54) is 20.5 Å². The van der Waals surface area contributed by atoms with Gasteiger partial charge in [-0.3, -0.25) is 4.79 Å². The Morgan fingerprint density at radius 1 is 0.964 bits per heavy atom. The fourth-order valence-electron chi connectivity index (χ4n) is 8.08. The molecule has 4 saturated carbocycles. The number of carbonyl (C=O) groups is 2. The lowest BCUT2D eigenvalue weighted by atomic mass is 9.44. The second-order valence-electron chi connectivity index (χ2n) is 10.5. The van der Waals surface area contributed by atoms with E-state index in [9.17, 15) is 14.7 Å². The molecule has 0 unspecified atom stereocenters. The molecule has 0 spiro atoms. The highest BCUT2D eigenvalue weighted by molar-refractivity contribution is 5.81. The Hall–Kier alpha value is -1.10. The van der Waals surface area contributed by atoms with E-state index in [1.807, 2.05) is 0 Å². The van der Waals surface area contributed by atoms with Crippen LogP contribution in [0.3, 0.4) is 0 Å². The molecule has 0 aliphatic heterocycles.